The number of nitrogens with zero attached hydrogens (tertiary/aromatic N) is 1. The van der Waals surface area contributed by atoms with E-state index in [1.807, 2.05) is 0 Å². The van der Waals surface area contributed by atoms with Gasteiger partial charge in [-0.2, -0.15) is 0 Å². The standard InChI is InChI=1S/C14H16ClNO3/c1-14(2,3)19-12(17)6-9-4-8-5-11(15)16-7-10(8)13(9)18/h5,7,9H,4,6H2,1-3H3. The maximum atomic E-state index is 12.1. The second-order valence-electron chi connectivity index (χ2n) is 5.72. The normalized spacial score (nSPS) is 18.3. The number of hydrogen-bond acceptors (Lipinski definition) is 4. The Morgan fingerprint density at radius 2 is 2.21 bits per heavy atom. The molecule has 1 unspecified atom stereocenters. The van der Waals surface area contributed by atoms with Crippen LogP contribution in [0.3, 0.4) is 0 Å². The predicted octanol–water partition coefficient (Wildman–Crippen LogP) is 2.82. The summed E-state index contributed by atoms with van der Waals surface area (Å²) in [5.74, 6) is -0.757. The lowest BCUT2D eigenvalue weighted by Crippen LogP contribution is -2.26. The topological polar surface area (TPSA) is 56.3 Å². The molecule has 0 fully saturated rings. The van der Waals surface area contributed by atoms with E-state index in [9.17, 15) is 9.59 Å². The van der Waals surface area contributed by atoms with Gasteiger partial charge in [0.25, 0.3) is 0 Å². The fourth-order valence-electron chi connectivity index (χ4n) is 2.19. The van der Waals surface area contributed by atoms with E-state index in [4.69, 9.17) is 16.3 Å². The predicted molar refractivity (Wildman–Crippen MR) is 71.2 cm³/mol. The molecule has 19 heavy (non-hydrogen) atoms. The Morgan fingerprint density at radius 1 is 1.53 bits per heavy atom. The first kappa shape index (κ1) is 14.0. The molecule has 0 bridgehead atoms. The van der Waals surface area contributed by atoms with E-state index < -0.39 is 5.60 Å². The quantitative estimate of drug-likeness (QED) is 0.618. The third-order valence-corrected chi connectivity index (χ3v) is 3.10. The summed E-state index contributed by atoms with van der Waals surface area (Å²) in [6, 6.07) is 1.68. The Bertz CT molecular complexity index is 534. The monoisotopic (exact) mass is 281 g/mol. The highest BCUT2D eigenvalue weighted by Crippen LogP contribution is 2.30. The molecule has 4 nitrogen and oxygen atoms in total. The second kappa shape index (κ2) is 4.93. The van der Waals surface area contributed by atoms with Crippen LogP contribution in [0.25, 0.3) is 0 Å². The molecule has 0 spiro atoms. The molecule has 0 aromatic carbocycles. The number of ether oxygens (including phenoxy) is 1. The Hall–Kier alpha value is -1.42. The van der Waals surface area contributed by atoms with Crippen LogP contribution in [0.5, 0.6) is 0 Å². The largest absolute Gasteiger partial charge is 0.460 e. The van der Waals surface area contributed by atoms with E-state index in [2.05, 4.69) is 4.98 Å². The van der Waals surface area contributed by atoms with Crippen molar-refractivity contribution in [2.45, 2.75) is 39.2 Å². The van der Waals surface area contributed by atoms with Crippen LogP contribution >= 0.6 is 11.6 Å². The Labute approximate surface area is 117 Å². The lowest BCUT2D eigenvalue weighted by Gasteiger charge is -2.20. The average Bonchev–Trinajstić information content (AvgIpc) is 2.52. The molecule has 0 amide bonds. The minimum atomic E-state index is -0.531. The first-order valence-electron chi connectivity index (χ1n) is 6.17. The third-order valence-electron chi connectivity index (χ3n) is 2.89. The lowest BCUT2D eigenvalue weighted by atomic mass is 10.0. The van der Waals surface area contributed by atoms with Crippen LogP contribution in [0.2, 0.25) is 5.15 Å². The van der Waals surface area contributed by atoms with Gasteiger partial charge in [-0.25, -0.2) is 4.98 Å². The van der Waals surface area contributed by atoms with Gasteiger partial charge in [0.1, 0.15) is 10.8 Å². The Kier molecular flexibility index (Phi) is 3.63. The van der Waals surface area contributed by atoms with Crippen molar-refractivity contribution in [3.05, 3.63) is 28.5 Å². The fourth-order valence-corrected chi connectivity index (χ4v) is 2.37. The molecule has 1 aromatic heterocycles. The van der Waals surface area contributed by atoms with Crippen molar-refractivity contribution in [2.24, 2.45) is 5.92 Å². The molecule has 102 valence electrons. The maximum absolute atomic E-state index is 12.1. The molecule has 0 aliphatic heterocycles. The van der Waals surface area contributed by atoms with Crippen LogP contribution in [0.15, 0.2) is 12.3 Å². The molecular weight excluding hydrogens is 266 g/mol. The van der Waals surface area contributed by atoms with Gasteiger partial charge in [-0.1, -0.05) is 11.6 Å². The summed E-state index contributed by atoms with van der Waals surface area (Å²) in [5.41, 5.74) is 0.896. The average molecular weight is 282 g/mol. The van der Waals surface area contributed by atoms with Crippen molar-refractivity contribution in [1.29, 1.82) is 0 Å². The van der Waals surface area contributed by atoms with Crippen LogP contribution in [-0.2, 0) is 16.0 Å². The number of pyridine rings is 1. The summed E-state index contributed by atoms with van der Waals surface area (Å²) >= 11 is 5.80. The number of carbonyl (C=O) groups excluding carboxylic acids is 2. The SMILES string of the molecule is CC(C)(C)OC(=O)CC1Cc2cc(Cl)ncc2C1=O. The van der Waals surface area contributed by atoms with Gasteiger partial charge in [-0.3, -0.25) is 9.59 Å². The Balaban J connectivity index is 2.06. The van der Waals surface area contributed by atoms with Gasteiger partial charge in [0, 0.05) is 17.7 Å². The van der Waals surface area contributed by atoms with Crippen LogP contribution in [0.1, 0.15) is 43.1 Å². The van der Waals surface area contributed by atoms with Crippen molar-refractivity contribution in [2.75, 3.05) is 0 Å². The molecule has 0 saturated carbocycles. The zero-order valence-corrected chi connectivity index (χ0v) is 12.0. The van der Waals surface area contributed by atoms with Gasteiger partial charge in [0.15, 0.2) is 5.78 Å². The number of halogens is 1. The van der Waals surface area contributed by atoms with E-state index >= 15 is 0 Å². The van der Waals surface area contributed by atoms with E-state index in [0.29, 0.717) is 17.1 Å². The molecule has 5 heteroatoms. The number of aromatic nitrogens is 1. The number of ketones is 1. The third kappa shape index (κ3) is 3.32. The molecule has 1 aliphatic carbocycles. The highest BCUT2D eigenvalue weighted by molar-refractivity contribution is 6.29. The molecular formula is C14H16ClNO3. The van der Waals surface area contributed by atoms with E-state index in [0.717, 1.165) is 5.56 Å². The van der Waals surface area contributed by atoms with Crippen LogP contribution in [-0.4, -0.2) is 22.3 Å². The zero-order valence-electron chi connectivity index (χ0n) is 11.2. The molecule has 1 aliphatic rings. The first-order valence-corrected chi connectivity index (χ1v) is 6.54. The van der Waals surface area contributed by atoms with Crippen LogP contribution < -0.4 is 0 Å². The number of rotatable bonds is 2. The first-order chi connectivity index (χ1) is 8.76. The minimum Gasteiger partial charge on any atom is -0.460 e. The van der Waals surface area contributed by atoms with Crippen LogP contribution in [0.4, 0.5) is 0 Å². The summed E-state index contributed by atoms with van der Waals surface area (Å²) in [7, 11) is 0. The summed E-state index contributed by atoms with van der Waals surface area (Å²) in [6.07, 6.45) is 2.10. The molecule has 0 saturated heterocycles. The van der Waals surface area contributed by atoms with Gasteiger partial charge in [-0.05, 0) is 38.8 Å². The summed E-state index contributed by atoms with van der Waals surface area (Å²) in [4.78, 5) is 27.8. The number of fused-ring (bicyclic) bond motifs is 1. The van der Waals surface area contributed by atoms with Crippen molar-refractivity contribution in [3.8, 4) is 0 Å². The van der Waals surface area contributed by atoms with E-state index in [-0.39, 0.29) is 24.1 Å². The number of esters is 1. The van der Waals surface area contributed by atoms with E-state index in [1.54, 1.807) is 26.8 Å². The van der Waals surface area contributed by atoms with Crippen molar-refractivity contribution in [1.82, 2.24) is 4.98 Å². The van der Waals surface area contributed by atoms with Gasteiger partial charge < -0.3 is 4.74 Å². The highest BCUT2D eigenvalue weighted by Gasteiger charge is 2.33. The number of Topliss-reactive ketones (excluding diaryl/α,β-unsaturated/α-hetero) is 1. The number of hydrogen-bond donors (Lipinski definition) is 0. The summed E-state index contributed by atoms with van der Waals surface area (Å²) < 4.78 is 5.24. The summed E-state index contributed by atoms with van der Waals surface area (Å²) in [5, 5.41) is 0.365. The summed E-state index contributed by atoms with van der Waals surface area (Å²) in [6.45, 7) is 5.42. The van der Waals surface area contributed by atoms with Crippen molar-refractivity contribution < 1.29 is 14.3 Å². The molecule has 1 aromatic rings. The van der Waals surface area contributed by atoms with Crippen LogP contribution in [0, 0.1) is 5.92 Å². The maximum Gasteiger partial charge on any atom is 0.307 e. The lowest BCUT2D eigenvalue weighted by molar-refractivity contribution is -0.155. The molecule has 0 radical (unpaired) electrons. The van der Waals surface area contributed by atoms with Crippen molar-refractivity contribution >= 4 is 23.4 Å². The molecule has 1 heterocycles. The second-order valence-corrected chi connectivity index (χ2v) is 6.11. The molecule has 1 atom stereocenters. The van der Waals surface area contributed by atoms with Gasteiger partial charge in [0.2, 0.25) is 0 Å². The van der Waals surface area contributed by atoms with Crippen molar-refractivity contribution in [3.63, 3.8) is 0 Å². The smallest absolute Gasteiger partial charge is 0.307 e. The van der Waals surface area contributed by atoms with Gasteiger partial charge >= 0.3 is 5.97 Å². The minimum absolute atomic E-state index is 0.0509. The number of carbonyl (C=O) groups is 2. The Morgan fingerprint density at radius 3 is 2.84 bits per heavy atom. The van der Waals surface area contributed by atoms with Gasteiger partial charge in [-0.15, -0.1) is 0 Å². The molecule has 2 rings (SSSR count). The zero-order chi connectivity index (χ0) is 14.2. The highest BCUT2D eigenvalue weighted by atomic mass is 35.5. The van der Waals surface area contributed by atoms with Gasteiger partial charge in [0.05, 0.1) is 6.42 Å². The fraction of sp³-hybridized carbons (Fsp3) is 0.500. The van der Waals surface area contributed by atoms with E-state index in [1.165, 1.54) is 6.20 Å². The molecule has 0 N–H and O–H groups in total.